The molecule has 4 nitrogen and oxygen atoms in total. The van der Waals surface area contributed by atoms with Crippen LogP contribution in [0.15, 0.2) is 72.8 Å². The van der Waals surface area contributed by atoms with Crippen LogP contribution in [-0.2, 0) is 27.9 Å². The lowest BCUT2D eigenvalue weighted by Crippen LogP contribution is -2.49. The summed E-state index contributed by atoms with van der Waals surface area (Å²) in [5.41, 5.74) is 6.58. The number of hydrogen-bond donors (Lipinski definition) is 1. The molecule has 3 aromatic carbocycles. The number of carbonyl (C=O) groups is 1. The van der Waals surface area contributed by atoms with Crippen molar-refractivity contribution in [2.24, 2.45) is 5.92 Å². The molecule has 0 aliphatic carbocycles. The molecular weight excluding hydrogens is 422 g/mol. The molecule has 176 valence electrons. The number of hydrogen-bond acceptors (Lipinski definition) is 4. The molecule has 1 aliphatic heterocycles. The molecule has 0 saturated heterocycles. The summed E-state index contributed by atoms with van der Waals surface area (Å²) in [6.07, 6.45) is 5.13. The molecule has 1 unspecified atom stereocenters. The number of benzene rings is 3. The lowest BCUT2D eigenvalue weighted by atomic mass is 9.76. The largest absolute Gasteiger partial charge is 0.508 e. The first-order valence-corrected chi connectivity index (χ1v) is 11.9. The fourth-order valence-electron chi connectivity index (χ4n) is 5.00. The molecule has 1 heterocycles. The van der Waals surface area contributed by atoms with Gasteiger partial charge in [-0.25, -0.2) is 4.79 Å². The van der Waals surface area contributed by atoms with E-state index in [9.17, 15) is 9.90 Å². The summed E-state index contributed by atoms with van der Waals surface area (Å²) in [6, 6.07) is 23.0. The summed E-state index contributed by atoms with van der Waals surface area (Å²) in [5.74, 6) is 0.553. The lowest BCUT2D eigenvalue weighted by molar-refractivity contribution is -0.134. The van der Waals surface area contributed by atoms with Crippen LogP contribution in [0.1, 0.15) is 48.6 Å². The Labute approximate surface area is 202 Å². The Hall–Kier alpha value is -3.53. The molecular formula is C30H33NO3. The van der Waals surface area contributed by atoms with Gasteiger partial charge in [0.05, 0.1) is 12.6 Å². The highest BCUT2D eigenvalue weighted by Crippen LogP contribution is 2.44. The zero-order valence-corrected chi connectivity index (χ0v) is 20.4. The van der Waals surface area contributed by atoms with Crippen molar-refractivity contribution in [2.75, 3.05) is 18.6 Å². The molecule has 0 aromatic heterocycles. The predicted octanol–water partition coefficient (Wildman–Crippen LogP) is 6.10. The number of anilines is 1. The Balaban J connectivity index is 1.76. The smallest absolute Gasteiger partial charge is 0.330 e. The number of esters is 1. The van der Waals surface area contributed by atoms with Gasteiger partial charge in [0, 0.05) is 18.3 Å². The summed E-state index contributed by atoms with van der Waals surface area (Å²) in [5, 5.41) is 10.1. The quantitative estimate of drug-likeness (QED) is 0.360. The van der Waals surface area contributed by atoms with Crippen molar-refractivity contribution in [3.05, 3.63) is 101 Å². The minimum atomic E-state index is -0.411. The van der Waals surface area contributed by atoms with Crippen molar-refractivity contribution in [3.63, 3.8) is 0 Å². The topological polar surface area (TPSA) is 49.8 Å². The van der Waals surface area contributed by atoms with Gasteiger partial charge in [0.1, 0.15) is 5.75 Å². The van der Waals surface area contributed by atoms with E-state index in [2.05, 4.69) is 68.1 Å². The van der Waals surface area contributed by atoms with Gasteiger partial charge in [-0.05, 0) is 83.8 Å². The van der Waals surface area contributed by atoms with Crippen LogP contribution in [-0.4, -0.2) is 24.7 Å². The van der Waals surface area contributed by atoms with Crippen molar-refractivity contribution >= 4 is 17.7 Å². The summed E-state index contributed by atoms with van der Waals surface area (Å²) in [7, 11) is 1.37. The highest BCUT2D eigenvalue weighted by atomic mass is 16.5. The van der Waals surface area contributed by atoms with Crippen LogP contribution in [0, 0.1) is 5.92 Å². The van der Waals surface area contributed by atoms with Crippen LogP contribution in [0.5, 0.6) is 5.75 Å². The molecule has 0 fully saturated rings. The second-order valence-corrected chi connectivity index (χ2v) is 9.56. The molecule has 0 bridgehead atoms. The third-order valence-electron chi connectivity index (χ3n) is 6.74. The van der Waals surface area contributed by atoms with Crippen molar-refractivity contribution in [2.45, 2.75) is 39.2 Å². The SMILES string of the molecule is COC(=O)/C=C/c1ccc(C2(C)c3ccc(O)cc3CCN2c2ccc(CC(C)C)cc2)cc1. The number of rotatable bonds is 6. The monoisotopic (exact) mass is 455 g/mol. The number of phenols is 1. The molecule has 0 radical (unpaired) electrons. The number of carbonyl (C=O) groups excluding carboxylic acids is 1. The molecule has 1 atom stereocenters. The van der Waals surface area contributed by atoms with E-state index >= 15 is 0 Å². The molecule has 3 aromatic rings. The van der Waals surface area contributed by atoms with Gasteiger partial charge in [0.15, 0.2) is 0 Å². The van der Waals surface area contributed by atoms with E-state index in [1.54, 1.807) is 12.1 Å². The van der Waals surface area contributed by atoms with Crippen molar-refractivity contribution < 1.29 is 14.6 Å². The molecule has 0 saturated carbocycles. The fourth-order valence-corrected chi connectivity index (χ4v) is 5.00. The number of nitrogens with zero attached hydrogens (tertiary/aromatic N) is 1. The number of aromatic hydroxyl groups is 1. The molecule has 0 spiro atoms. The zero-order valence-electron chi connectivity index (χ0n) is 20.4. The number of phenolic OH excluding ortho intramolecular Hbond substituents is 1. The summed E-state index contributed by atoms with van der Waals surface area (Å²) >= 11 is 0. The van der Waals surface area contributed by atoms with Gasteiger partial charge in [0.2, 0.25) is 0 Å². The van der Waals surface area contributed by atoms with Crippen LogP contribution in [0.2, 0.25) is 0 Å². The van der Waals surface area contributed by atoms with Crippen molar-refractivity contribution in [1.29, 1.82) is 0 Å². The van der Waals surface area contributed by atoms with Gasteiger partial charge in [-0.1, -0.05) is 56.3 Å². The standard InChI is InChI=1S/C30H33NO3/c1-21(2)19-23-7-12-26(13-8-23)31-18-17-24-20-27(32)14-15-28(24)30(31,3)25-10-5-22(6-11-25)9-16-29(33)34-4/h5-16,20-21,32H,17-19H2,1-4H3/b16-9+. The Bertz CT molecular complexity index is 1180. The first kappa shape index (κ1) is 23.6. The fraction of sp³-hybridized carbons (Fsp3) is 0.300. The van der Waals surface area contributed by atoms with Crippen LogP contribution in [0.3, 0.4) is 0 Å². The highest BCUT2D eigenvalue weighted by molar-refractivity contribution is 5.86. The van der Waals surface area contributed by atoms with E-state index in [4.69, 9.17) is 4.74 Å². The molecule has 1 N–H and O–H groups in total. The number of methoxy groups -OCH3 is 1. The predicted molar refractivity (Wildman–Crippen MR) is 138 cm³/mol. The molecule has 34 heavy (non-hydrogen) atoms. The van der Waals surface area contributed by atoms with Gasteiger partial charge in [-0.3, -0.25) is 0 Å². The van der Waals surface area contributed by atoms with Gasteiger partial charge >= 0.3 is 5.97 Å². The van der Waals surface area contributed by atoms with E-state index in [0.29, 0.717) is 11.7 Å². The maximum Gasteiger partial charge on any atom is 0.330 e. The first-order chi connectivity index (χ1) is 16.3. The lowest BCUT2D eigenvalue weighted by Gasteiger charge is -2.48. The van der Waals surface area contributed by atoms with E-state index in [1.165, 1.54) is 35.6 Å². The Morgan fingerprint density at radius 3 is 2.44 bits per heavy atom. The average Bonchev–Trinajstić information content (AvgIpc) is 2.83. The Kier molecular flexibility index (Phi) is 6.78. The summed E-state index contributed by atoms with van der Waals surface area (Å²) in [6.45, 7) is 7.59. The maximum absolute atomic E-state index is 11.5. The summed E-state index contributed by atoms with van der Waals surface area (Å²) in [4.78, 5) is 13.9. The normalized spacial score (nSPS) is 17.7. The second kappa shape index (κ2) is 9.76. The van der Waals surface area contributed by atoms with Gasteiger partial charge in [-0.15, -0.1) is 0 Å². The van der Waals surface area contributed by atoms with Crippen LogP contribution in [0.4, 0.5) is 5.69 Å². The second-order valence-electron chi connectivity index (χ2n) is 9.56. The third kappa shape index (κ3) is 4.72. The van der Waals surface area contributed by atoms with Gasteiger partial charge < -0.3 is 14.7 Å². The minimum Gasteiger partial charge on any atom is -0.508 e. The summed E-state index contributed by atoms with van der Waals surface area (Å²) < 4.78 is 4.70. The van der Waals surface area contributed by atoms with Crippen LogP contribution in [0.25, 0.3) is 6.08 Å². The van der Waals surface area contributed by atoms with E-state index in [0.717, 1.165) is 30.5 Å². The van der Waals surface area contributed by atoms with Gasteiger partial charge in [0.25, 0.3) is 0 Å². The average molecular weight is 456 g/mol. The van der Waals surface area contributed by atoms with Crippen LogP contribution >= 0.6 is 0 Å². The Morgan fingerprint density at radius 2 is 1.79 bits per heavy atom. The van der Waals surface area contributed by atoms with E-state index < -0.39 is 5.54 Å². The first-order valence-electron chi connectivity index (χ1n) is 11.9. The van der Waals surface area contributed by atoms with Crippen molar-refractivity contribution in [3.8, 4) is 5.75 Å². The minimum absolute atomic E-state index is 0.302. The van der Waals surface area contributed by atoms with E-state index in [1.807, 2.05) is 18.2 Å². The molecule has 4 heteroatoms. The molecule has 0 amide bonds. The number of ether oxygens (including phenoxy) is 1. The maximum atomic E-state index is 11.5. The molecule has 1 aliphatic rings. The highest BCUT2D eigenvalue weighted by Gasteiger charge is 2.40. The van der Waals surface area contributed by atoms with E-state index in [-0.39, 0.29) is 5.97 Å². The Morgan fingerprint density at radius 1 is 1.09 bits per heavy atom. The van der Waals surface area contributed by atoms with Crippen LogP contribution < -0.4 is 4.90 Å². The number of fused-ring (bicyclic) bond motifs is 1. The third-order valence-corrected chi connectivity index (χ3v) is 6.74. The zero-order chi connectivity index (χ0) is 24.3. The van der Waals surface area contributed by atoms with Gasteiger partial charge in [-0.2, -0.15) is 0 Å². The van der Waals surface area contributed by atoms with Crippen molar-refractivity contribution in [1.82, 2.24) is 0 Å². The molecule has 4 rings (SSSR count).